The van der Waals surface area contributed by atoms with E-state index in [0.717, 1.165) is 48.4 Å². The fourth-order valence-corrected chi connectivity index (χ4v) is 5.73. The number of aromatic nitrogens is 3. The van der Waals surface area contributed by atoms with E-state index in [-0.39, 0.29) is 6.03 Å². The lowest BCUT2D eigenvalue weighted by atomic mass is 9.81. The molecule has 2 heterocycles. The van der Waals surface area contributed by atoms with Gasteiger partial charge in [-0.2, -0.15) is 0 Å². The molecule has 7 nitrogen and oxygen atoms in total. The van der Waals surface area contributed by atoms with Crippen LogP contribution in [0.4, 0.5) is 16.2 Å². The van der Waals surface area contributed by atoms with Gasteiger partial charge >= 0.3 is 6.03 Å². The number of aryl methyl sites for hydroxylation is 1. The van der Waals surface area contributed by atoms with Crippen molar-refractivity contribution < 1.29 is 9.21 Å². The molecule has 1 saturated carbocycles. The average molecular weight is 508 g/mol. The number of thiazole rings is 1. The predicted molar refractivity (Wildman–Crippen MR) is 139 cm³/mol. The van der Waals surface area contributed by atoms with Crippen LogP contribution >= 0.6 is 22.9 Å². The first-order valence-electron chi connectivity index (χ1n) is 11.7. The molecule has 1 aliphatic carbocycles. The van der Waals surface area contributed by atoms with Gasteiger partial charge in [-0.3, -0.25) is 0 Å². The van der Waals surface area contributed by atoms with Crippen molar-refractivity contribution in [3.63, 3.8) is 0 Å². The second-order valence-corrected chi connectivity index (χ2v) is 10.3. The lowest BCUT2D eigenvalue weighted by Crippen LogP contribution is -2.19. The first-order chi connectivity index (χ1) is 17.0. The number of hydrogen-bond acceptors (Lipinski definition) is 6. The SMILES string of the molecule is Cc1nnc(CC2CCC(c3ncc(-c4ccc(NC(=O)Nc5ccccc5Cl)cc4)s3)CC2)o1. The highest BCUT2D eigenvalue weighted by Gasteiger charge is 2.26. The number of halogens is 1. The Hall–Kier alpha value is -3.23. The van der Waals surface area contributed by atoms with E-state index in [4.69, 9.17) is 21.0 Å². The third-order valence-corrected chi connectivity index (χ3v) is 7.84. The van der Waals surface area contributed by atoms with Crippen molar-refractivity contribution in [2.45, 2.75) is 44.9 Å². The molecule has 1 fully saturated rings. The summed E-state index contributed by atoms with van der Waals surface area (Å²) in [6, 6.07) is 14.6. The van der Waals surface area contributed by atoms with Crippen molar-refractivity contribution in [3.8, 4) is 10.4 Å². The number of para-hydroxylation sites is 1. The quantitative estimate of drug-likeness (QED) is 0.285. The first-order valence-corrected chi connectivity index (χ1v) is 12.9. The number of benzene rings is 2. The topological polar surface area (TPSA) is 92.9 Å². The fraction of sp³-hybridized carbons (Fsp3) is 0.308. The van der Waals surface area contributed by atoms with Crippen LogP contribution in [0.2, 0.25) is 5.02 Å². The number of amides is 2. The van der Waals surface area contributed by atoms with E-state index in [1.54, 1.807) is 23.5 Å². The van der Waals surface area contributed by atoms with Crippen LogP contribution in [0.3, 0.4) is 0 Å². The van der Waals surface area contributed by atoms with E-state index < -0.39 is 0 Å². The van der Waals surface area contributed by atoms with Gasteiger partial charge in [0.2, 0.25) is 11.8 Å². The summed E-state index contributed by atoms with van der Waals surface area (Å²) in [5.74, 6) is 2.49. The zero-order valence-electron chi connectivity index (χ0n) is 19.3. The molecule has 0 saturated heterocycles. The second kappa shape index (κ2) is 10.6. The molecule has 0 aliphatic heterocycles. The normalized spacial score (nSPS) is 17.8. The van der Waals surface area contributed by atoms with Gasteiger partial charge in [0.25, 0.3) is 0 Å². The van der Waals surface area contributed by atoms with Crippen molar-refractivity contribution in [2.24, 2.45) is 5.92 Å². The number of carbonyl (C=O) groups is 1. The number of nitrogens with one attached hydrogen (secondary N) is 2. The Balaban J connectivity index is 1.15. The molecule has 2 aromatic heterocycles. The zero-order chi connectivity index (χ0) is 24.2. The van der Waals surface area contributed by atoms with Gasteiger partial charge in [0.1, 0.15) is 0 Å². The fourth-order valence-electron chi connectivity index (χ4n) is 4.46. The molecule has 0 spiro atoms. The maximum absolute atomic E-state index is 12.3. The Kier molecular flexibility index (Phi) is 7.11. The predicted octanol–water partition coefficient (Wildman–Crippen LogP) is 7.32. The monoisotopic (exact) mass is 507 g/mol. The minimum atomic E-state index is -0.337. The molecule has 9 heteroatoms. The van der Waals surface area contributed by atoms with Crippen molar-refractivity contribution in [1.29, 1.82) is 0 Å². The molecule has 180 valence electrons. The highest BCUT2D eigenvalue weighted by Crippen LogP contribution is 2.40. The third-order valence-electron chi connectivity index (χ3n) is 6.30. The van der Waals surface area contributed by atoms with E-state index in [2.05, 4.69) is 20.8 Å². The van der Waals surface area contributed by atoms with Crippen molar-refractivity contribution in [2.75, 3.05) is 10.6 Å². The molecule has 2 N–H and O–H groups in total. The molecule has 2 aromatic carbocycles. The number of nitrogens with zero attached hydrogens (tertiary/aromatic N) is 3. The maximum Gasteiger partial charge on any atom is 0.323 e. The first kappa shape index (κ1) is 23.5. The van der Waals surface area contributed by atoms with E-state index in [0.29, 0.717) is 34.1 Å². The van der Waals surface area contributed by atoms with Gasteiger partial charge in [0.05, 0.1) is 20.6 Å². The second-order valence-electron chi connectivity index (χ2n) is 8.84. The van der Waals surface area contributed by atoms with E-state index >= 15 is 0 Å². The van der Waals surface area contributed by atoms with Gasteiger partial charge in [-0.05, 0) is 61.4 Å². The molecule has 35 heavy (non-hydrogen) atoms. The Labute approximate surface area is 213 Å². The number of rotatable bonds is 6. The number of anilines is 2. The summed E-state index contributed by atoms with van der Waals surface area (Å²) in [6.45, 7) is 1.83. The van der Waals surface area contributed by atoms with Gasteiger partial charge in [-0.25, -0.2) is 9.78 Å². The maximum atomic E-state index is 12.3. The molecule has 0 atom stereocenters. The summed E-state index contributed by atoms with van der Waals surface area (Å²) in [5.41, 5.74) is 2.36. The Morgan fingerprint density at radius 2 is 1.83 bits per heavy atom. The van der Waals surface area contributed by atoms with Crippen LogP contribution in [-0.2, 0) is 6.42 Å². The van der Waals surface area contributed by atoms with Crippen molar-refractivity contribution >= 4 is 40.3 Å². The largest absolute Gasteiger partial charge is 0.426 e. The molecule has 5 rings (SSSR count). The minimum absolute atomic E-state index is 0.337. The minimum Gasteiger partial charge on any atom is -0.426 e. The molecule has 2 amide bonds. The van der Waals surface area contributed by atoms with Gasteiger partial charge in [0.15, 0.2) is 0 Å². The molecule has 0 unspecified atom stereocenters. The number of carbonyl (C=O) groups excluding carboxylic acids is 1. The summed E-state index contributed by atoms with van der Waals surface area (Å²) >= 11 is 7.86. The van der Waals surface area contributed by atoms with E-state index in [1.165, 1.54) is 5.01 Å². The van der Waals surface area contributed by atoms with Gasteiger partial charge < -0.3 is 15.1 Å². The molecule has 4 aromatic rings. The standard InChI is InChI=1S/C26H26ClN5O2S/c1-16-31-32-24(34-16)14-17-6-8-19(9-7-17)25-28-15-23(35-25)18-10-12-20(13-11-18)29-26(33)30-22-5-3-2-4-21(22)27/h2-5,10-13,15,17,19H,6-9,14H2,1H3,(H2,29,30,33). The van der Waals surface area contributed by atoms with Crippen molar-refractivity contribution in [1.82, 2.24) is 15.2 Å². The van der Waals surface area contributed by atoms with Gasteiger partial charge in [0, 0.05) is 31.1 Å². The summed E-state index contributed by atoms with van der Waals surface area (Å²) in [7, 11) is 0. The molecular weight excluding hydrogens is 482 g/mol. The summed E-state index contributed by atoms with van der Waals surface area (Å²) in [6.07, 6.45) is 7.39. The molecule has 0 bridgehead atoms. The van der Waals surface area contributed by atoms with E-state index in [1.807, 2.05) is 49.5 Å². The Bertz CT molecular complexity index is 1300. The van der Waals surface area contributed by atoms with Crippen LogP contribution < -0.4 is 10.6 Å². The molecular formula is C26H26ClN5O2S. The van der Waals surface area contributed by atoms with Gasteiger partial charge in [-0.1, -0.05) is 35.9 Å². The number of hydrogen-bond donors (Lipinski definition) is 2. The smallest absolute Gasteiger partial charge is 0.323 e. The lowest BCUT2D eigenvalue weighted by Gasteiger charge is -2.26. The van der Waals surface area contributed by atoms with Crippen LogP contribution in [0.15, 0.2) is 59.1 Å². The average Bonchev–Trinajstić information content (AvgIpc) is 3.51. The Morgan fingerprint density at radius 3 is 2.54 bits per heavy atom. The van der Waals surface area contributed by atoms with E-state index in [9.17, 15) is 4.79 Å². The highest BCUT2D eigenvalue weighted by molar-refractivity contribution is 7.15. The van der Waals surface area contributed by atoms with Crippen LogP contribution in [0.1, 0.15) is 48.4 Å². The van der Waals surface area contributed by atoms with Gasteiger partial charge in [-0.15, -0.1) is 21.5 Å². The third kappa shape index (κ3) is 5.89. The number of urea groups is 1. The van der Waals surface area contributed by atoms with Crippen LogP contribution in [0.5, 0.6) is 0 Å². The van der Waals surface area contributed by atoms with Crippen LogP contribution in [0.25, 0.3) is 10.4 Å². The zero-order valence-corrected chi connectivity index (χ0v) is 20.9. The highest BCUT2D eigenvalue weighted by atomic mass is 35.5. The Morgan fingerprint density at radius 1 is 1.06 bits per heavy atom. The van der Waals surface area contributed by atoms with Crippen LogP contribution in [0, 0.1) is 12.8 Å². The summed E-state index contributed by atoms with van der Waals surface area (Å²) in [5, 5.41) is 15.4. The molecule has 1 aliphatic rings. The molecule has 0 radical (unpaired) electrons. The summed E-state index contributed by atoms with van der Waals surface area (Å²) < 4.78 is 5.55. The van der Waals surface area contributed by atoms with Crippen molar-refractivity contribution in [3.05, 3.63) is 76.5 Å². The lowest BCUT2D eigenvalue weighted by molar-refractivity contribution is 0.262. The summed E-state index contributed by atoms with van der Waals surface area (Å²) in [4.78, 5) is 18.2. The van der Waals surface area contributed by atoms with Crippen LogP contribution in [-0.4, -0.2) is 21.2 Å².